The van der Waals surface area contributed by atoms with Gasteiger partial charge in [-0.2, -0.15) is 0 Å². The number of carboxylic acids is 1. The smallest absolute Gasteiger partial charge is 0.333 e. The van der Waals surface area contributed by atoms with Gasteiger partial charge in [-0.3, -0.25) is 4.57 Å². The van der Waals surface area contributed by atoms with Gasteiger partial charge in [0.1, 0.15) is 0 Å². The molecule has 0 fully saturated rings. The van der Waals surface area contributed by atoms with Crippen molar-refractivity contribution in [3.8, 4) is 0 Å². The molecule has 0 heterocycles. The van der Waals surface area contributed by atoms with Gasteiger partial charge < -0.3 is 19.7 Å². The summed E-state index contributed by atoms with van der Waals surface area (Å²) in [7, 11) is -4.47. The second kappa shape index (κ2) is 2.47. The van der Waals surface area contributed by atoms with Crippen molar-refractivity contribution in [3.63, 3.8) is 0 Å². The van der Waals surface area contributed by atoms with E-state index in [1.54, 1.807) is 0 Å². The van der Waals surface area contributed by atoms with Crippen molar-refractivity contribution in [2.24, 2.45) is 0 Å². The van der Waals surface area contributed by atoms with Gasteiger partial charge in [-0.15, -0.1) is 0 Å². The molecule has 0 saturated heterocycles. The maximum atomic E-state index is 10.0. The SMILES string of the molecule is CC(C(=O)[O-])P(=O)(O)O. The van der Waals surface area contributed by atoms with Gasteiger partial charge in [0.05, 0.1) is 11.6 Å². The van der Waals surface area contributed by atoms with Crippen molar-refractivity contribution >= 4 is 13.6 Å². The lowest BCUT2D eigenvalue weighted by Gasteiger charge is -2.12. The summed E-state index contributed by atoms with van der Waals surface area (Å²) in [6.45, 7) is 0.899. The second-order valence-corrected chi connectivity index (χ2v) is 3.54. The first-order valence-electron chi connectivity index (χ1n) is 2.12. The molecule has 0 spiro atoms. The first-order valence-corrected chi connectivity index (χ1v) is 3.80. The number of carboxylic acid groups (broad SMARTS) is 1. The molecular weight excluding hydrogens is 147 g/mol. The van der Waals surface area contributed by atoms with E-state index in [2.05, 4.69) is 0 Å². The highest BCUT2D eigenvalue weighted by atomic mass is 31.2. The van der Waals surface area contributed by atoms with Gasteiger partial charge >= 0.3 is 7.60 Å². The van der Waals surface area contributed by atoms with E-state index in [9.17, 15) is 14.5 Å². The van der Waals surface area contributed by atoms with E-state index in [4.69, 9.17) is 9.79 Å². The third-order valence-corrected chi connectivity index (χ3v) is 2.07. The lowest BCUT2D eigenvalue weighted by atomic mass is 10.5. The summed E-state index contributed by atoms with van der Waals surface area (Å²) < 4.78 is 10.0. The Kier molecular flexibility index (Phi) is 2.37. The standard InChI is InChI=1S/C3H7O5P/c1-2(3(4)5)9(6,7)8/h2H,1H3,(H,4,5)(H2,6,7,8)/p-1. The van der Waals surface area contributed by atoms with Gasteiger partial charge in [0.15, 0.2) is 0 Å². The summed E-state index contributed by atoms with van der Waals surface area (Å²) in [6, 6.07) is 0. The minimum absolute atomic E-state index is 0.899. The maximum absolute atomic E-state index is 10.0. The monoisotopic (exact) mass is 153 g/mol. The molecule has 1 atom stereocenters. The van der Waals surface area contributed by atoms with Crippen LogP contribution >= 0.6 is 7.60 Å². The highest BCUT2D eigenvalue weighted by molar-refractivity contribution is 7.53. The molecule has 9 heavy (non-hydrogen) atoms. The van der Waals surface area contributed by atoms with Crippen LogP contribution in [0.2, 0.25) is 0 Å². The molecule has 2 N–H and O–H groups in total. The molecule has 0 aromatic heterocycles. The molecule has 0 aliphatic heterocycles. The first-order chi connectivity index (χ1) is 3.85. The summed E-state index contributed by atoms with van der Waals surface area (Å²) in [5.41, 5.74) is -1.71. The minimum Gasteiger partial charge on any atom is -0.549 e. The Bertz CT molecular complexity index is 158. The van der Waals surface area contributed by atoms with Crippen LogP contribution < -0.4 is 5.11 Å². The summed E-state index contributed by atoms with van der Waals surface area (Å²) >= 11 is 0. The van der Waals surface area contributed by atoms with Crippen LogP contribution in [0.1, 0.15) is 6.92 Å². The zero-order valence-corrected chi connectivity index (χ0v) is 5.54. The molecule has 0 bridgehead atoms. The molecule has 1 unspecified atom stereocenters. The van der Waals surface area contributed by atoms with Gasteiger partial charge in [-0.25, -0.2) is 0 Å². The molecule has 0 aromatic rings. The molecule has 54 valence electrons. The van der Waals surface area contributed by atoms with Crippen molar-refractivity contribution in [3.05, 3.63) is 0 Å². The van der Waals surface area contributed by atoms with Crippen LogP contribution in [0.4, 0.5) is 0 Å². The average molecular weight is 153 g/mol. The van der Waals surface area contributed by atoms with Crippen molar-refractivity contribution in [2.75, 3.05) is 0 Å². The minimum atomic E-state index is -4.47. The molecule has 6 heteroatoms. The molecular formula is C3H6O5P-. The molecule has 0 aromatic carbocycles. The fourth-order valence-corrected chi connectivity index (χ4v) is 0.412. The van der Waals surface area contributed by atoms with Crippen molar-refractivity contribution in [2.45, 2.75) is 12.6 Å². The number of rotatable bonds is 2. The lowest BCUT2D eigenvalue weighted by molar-refractivity contribution is -0.304. The Morgan fingerprint density at radius 2 is 2.00 bits per heavy atom. The van der Waals surface area contributed by atoms with Crippen LogP contribution in [0.25, 0.3) is 0 Å². The summed E-state index contributed by atoms with van der Waals surface area (Å²) in [6.07, 6.45) is 0. The van der Waals surface area contributed by atoms with Crippen molar-refractivity contribution < 1.29 is 24.3 Å². The van der Waals surface area contributed by atoms with E-state index in [-0.39, 0.29) is 0 Å². The van der Waals surface area contributed by atoms with Crippen LogP contribution in [0.5, 0.6) is 0 Å². The van der Waals surface area contributed by atoms with E-state index in [0.29, 0.717) is 0 Å². The van der Waals surface area contributed by atoms with Crippen LogP contribution in [0.15, 0.2) is 0 Å². The third-order valence-electron chi connectivity index (χ3n) is 0.846. The summed E-state index contributed by atoms with van der Waals surface area (Å²) in [5.74, 6) is -1.73. The van der Waals surface area contributed by atoms with Gasteiger partial charge in [0.25, 0.3) is 0 Å². The molecule has 0 saturated carbocycles. The Morgan fingerprint density at radius 1 is 1.67 bits per heavy atom. The summed E-state index contributed by atoms with van der Waals surface area (Å²) in [4.78, 5) is 26.0. The molecule has 0 amide bonds. The van der Waals surface area contributed by atoms with E-state index in [1.165, 1.54) is 0 Å². The highest BCUT2D eigenvalue weighted by Gasteiger charge is 2.24. The van der Waals surface area contributed by atoms with Crippen LogP contribution in [0, 0.1) is 0 Å². The van der Waals surface area contributed by atoms with Crippen molar-refractivity contribution in [1.82, 2.24) is 0 Å². The topological polar surface area (TPSA) is 97.7 Å². The van der Waals surface area contributed by atoms with Gasteiger partial charge in [0.2, 0.25) is 0 Å². The fourth-order valence-electron chi connectivity index (χ4n) is 0.137. The number of aliphatic carboxylic acids is 1. The predicted molar refractivity (Wildman–Crippen MR) is 26.5 cm³/mol. The average Bonchev–Trinajstić information content (AvgIpc) is 1.62. The van der Waals surface area contributed by atoms with Gasteiger partial charge in [0, 0.05) is 0 Å². The molecule has 0 aliphatic carbocycles. The maximum Gasteiger partial charge on any atom is 0.333 e. The van der Waals surface area contributed by atoms with Gasteiger partial charge in [-0.1, -0.05) is 0 Å². The van der Waals surface area contributed by atoms with Crippen LogP contribution in [-0.2, 0) is 9.36 Å². The molecule has 0 rings (SSSR count). The first kappa shape index (κ1) is 8.62. The quantitative estimate of drug-likeness (QED) is 0.461. The van der Waals surface area contributed by atoms with Gasteiger partial charge in [-0.05, 0) is 6.92 Å². The fraction of sp³-hybridized carbons (Fsp3) is 0.667. The number of hydrogen-bond acceptors (Lipinski definition) is 3. The zero-order valence-electron chi connectivity index (χ0n) is 4.64. The molecule has 5 nitrogen and oxygen atoms in total. The Morgan fingerprint density at radius 3 is 2.00 bits per heavy atom. The predicted octanol–water partition coefficient (Wildman–Crippen LogP) is -1.70. The largest absolute Gasteiger partial charge is 0.549 e. The van der Waals surface area contributed by atoms with Crippen molar-refractivity contribution in [1.29, 1.82) is 0 Å². The number of hydrogen-bond donors (Lipinski definition) is 2. The van der Waals surface area contributed by atoms with E-state index >= 15 is 0 Å². The Hall–Kier alpha value is -0.380. The third kappa shape index (κ3) is 2.60. The Labute approximate surface area is 51.5 Å². The second-order valence-electron chi connectivity index (χ2n) is 1.58. The van der Waals surface area contributed by atoms with E-state index in [1.807, 2.05) is 0 Å². The normalized spacial score (nSPS) is 15.0. The van der Waals surface area contributed by atoms with Crippen LogP contribution in [-0.4, -0.2) is 21.4 Å². The summed E-state index contributed by atoms with van der Waals surface area (Å²) in [5, 5.41) is 9.74. The van der Waals surface area contributed by atoms with E-state index < -0.39 is 19.2 Å². The number of carbonyl (C=O) groups is 1. The van der Waals surface area contributed by atoms with Crippen LogP contribution in [0.3, 0.4) is 0 Å². The Balaban J connectivity index is 4.23. The highest BCUT2D eigenvalue weighted by Crippen LogP contribution is 2.40. The lowest BCUT2D eigenvalue weighted by Crippen LogP contribution is -2.33. The number of carbonyl (C=O) groups excluding carboxylic acids is 1. The molecule has 0 aliphatic rings. The van der Waals surface area contributed by atoms with E-state index in [0.717, 1.165) is 6.92 Å². The molecule has 0 radical (unpaired) electrons. The zero-order chi connectivity index (χ0) is 7.65.